The van der Waals surface area contributed by atoms with Gasteiger partial charge in [-0.25, -0.2) is 0 Å². The predicted molar refractivity (Wildman–Crippen MR) is 185 cm³/mol. The molecule has 1 fully saturated rings. The molecule has 6 rings (SSSR count). The van der Waals surface area contributed by atoms with Crippen molar-refractivity contribution >= 4 is 46.7 Å². The first-order valence-corrected chi connectivity index (χ1v) is 18.6. The highest BCUT2D eigenvalue weighted by Gasteiger charge is 2.50. The Balaban J connectivity index is 1.27. The van der Waals surface area contributed by atoms with Crippen LogP contribution in [0.4, 0.5) is 8.78 Å². The van der Waals surface area contributed by atoms with E-state index in [0.717, 1.165) is 40.2 Å². The molecule has 0 spiro atoms. The number of nitrogens with one attached hydrogen (secondary N) is 1. The lowest BCUT2D eigenvalue weighted by Gasteiger charge is -2.43. The molecule has 4 aromatic rings. The minimum Gasteiger partial charge on any atom is -0.370 e. The quantitative estimate of drug-likeness (QED) is 0.204. The van der Waals surface area contributed by atoms with Gasteiger partial charge in [-0.1, -0.05) is 81.4 Å². The summed E-state index contributed by atoms with van der Waals surface area (Å²) in [5.74, 6) is -1.26. The number of nitrogens with zero attached hydrogens (tertiary/aromatic N) is 2. The van der Waals surface area contributed by atoms with E-state index in [1.807, 2.05) is 54.6 Å². The molecule has 1 saturated heterocycles. The van der Waals surface area contributed by atoms with E-state index in [2.05, 4.69) is 5.32 Å². The smallest absolute Gasteiger partial charge is 0.370 e. The van der Waals surface area contributed by atoms with Gasteiger partial charge in [0.15, 0.2) is 0 Å². The molecule has 2 aliphatic rings. The molecule has 3 heterocycles. The number of halogens is 2. The molecule has 50 heavy (non-hydrogen) atoms. The molecular weight excluding hydrogens is 687 g/mol. The molecule has 0 radical (unpaired) electrons. The maximum atomic E-state index is 14.6. The number of carbonyl (C=O) groups excluding carboxylic acids is 3. The largest absolute Gasteiger partial charge is 0.399 e. The van der Waals surface area contributed by atoms with Gasteiger partial charge >= 0.3 is 13.3 Å². The molecule has 1 aromatic heterocycles. The molecular formula is C36H38F2N3O7PS. The molecule has 1 unspecified atom stereocenters. The van der Waals surface area contributed by atoms with Gasteiger partial charge in [0.25, 0.3) is 5.91 Å². The maximum Gasteiger partial charge on any atom is 0.399 e. The second-order valence-electron chi connectivity index (χ2n) is 13.7. The number of fused-ring (bicyclic) bond motifs is 2. The summed E-state index contributed by atoms with van der Waals surface area (Å²) in [5.41, 5.74) is -3.25. The summed E-state index contributed by atoms with van der Waals surface area (Å²) in [6.07, 6.45) is -0.00692. The second kappa shape index (κ2) is 13.6. The lowest BCUT2D eigenvalue weighted by atomic mass is 9.84. The lowest BCUT2D eigenvalue weighted by molar-refractivity contribution is -0.153. The Morgan fingerprint density at radius 2 is 1.66 bits per heavy atom. The van der Waals surface area contributed by atoms with Crippen LogP contribution < -0.4 is 5.32 Å². The fourth-order valence-corrected chi connectivity index (χ4v) is 7.85. The Bertz CT molecular complexity index is 1980. The second-order valence-corrected chi connectivity index (χ2v) is 16.5. The van der Waals surface area contributed by atoms with Crippen LogP contribution in [0.1, 0.15) is 58.8 Å². The Morgan fingerprint density at radius 3 is 2.34 bits per heavy atom. The van der Waals surface area contributed by atoms with Crippen molar-refractivity contribution in [1.29, 1.82) is 0 Å². The number of morpholine rings is 1. The van der Waals surface area contributed by atoms with Crippen molar-refractivity contribution in [3.8, 4) is 0 Å². The number of benzene rings is 3. The van der Waals surface area contributed by atoms with Crippen LogP contribution in [0.15, 0.2) is 78.9 Å². The standard InChI is InChI=1S/C36H38F2N3O7PS/c1-35(2,3)31(39-32(42)30-19-25-17-26(13-14-29(25)50-30)36(37,38)49(45,46)47)34(44)41-20-24-12-8-7-11-23(24)18-27(41)33(43)40-15-16-48-28(21-40)22-9-5-4-6-10-22/h4-14,17,19,27-28,31H,15-16,18,20-21H2,1-3H3,(H,39,42)(H2,45,46,47)/t27?,28-,31+/m0/s1. The van der Waals surface area contributed by atoms with E-state index in [1.165, 1.54) is 12.1 Å². The van der Waals surface area contributed by atoms with Crippen molar-refractivity contribution in [2.24, 2.45) is 5.41 Å². The molecule has 3 amide bonds. The van der Waals surface area contributed by atoms with E-state index >= 15 is 0 Å². The SMILES string of the molecule is CC(C)(C)[C@H](NC(=O)c1cc2cc(C(F)(F)P(=O)(O)O)ccc2s1)C(=O)N1Cc2ccccc2CC1C(=O)N1CCO[C@H](c2ccccc2)C1. The van der Waals surface area contributed by atoms with Crippen molar-refractivity contribution in [2.75, 3.05) is 19.7 Å². The number of alkyl halides is 2. The zero-order valence-electron chi connectivity index (χ0n) is 27.7. The molecule has 14 heteroatoms. The first-order chi connectivity index (χ1) is 23.5. The van der Waals surface area contributed by atoms with Crippen LogP contribution in [0.25, 0.3) is 10.1 Å². The van der Waals surface area contributed by atoms with Gasteiger partial charge in [0.1, 0.15) is 18.2 Å². The summed E-state index contributed by atoms with van der Waals surface area (Å²) in [7, 11) is -5.79. The van der Waals surface area contributed by atoms with E-state index in [9.17, 15) is 37.5 Å². The van der Waals surface area contributed by atoms with Gasteiger partial charge in [-0.05, 0) is 45.7 Å². The Hall–Kier alpha value is -4.00. The van der Waals surface area contributed by atoms with Gasteiger partial charge < -0.3 is 29.6 Å². The number of hydrogen-bond acceptors (Lipinski definition) is 6. The summed E-state index contributed by atoms with van der Waals surface area (Å²) in [4.78, 5) is 64.4. The molecule has 264 valence electrons. The van der Waals surface area contributed by atoms with E-state index in [4.69, 9.17) is 4.74 Å². The molecule has 2 aliphatic heterocycles. The van der Waals surface area contributed by atoms with Crippen LogP contribution in [0.3, 0.4) is 0 Å². The highest BCUT2D eigenvalue weighted by atomic mass is 32.1. The fraction of sp³-hybridized carbons (Fsp3) is 0.361. The Morgan fingerprint density at radius 1 is 0.980 bits per heavy atom. The van der Waals surface area contributed by atoms with Crippen LogP contribution in [0, 0.1) is 5.41 Å². The number of ether oxygens (including phenoxy) is 1. The summed E-state index contributed by atoms with van der Waals surface area (Å²) < 4.78 is 46.7. The van der Waals surface area contributed by atoms with Gasteiger partial charge in [-0.15, -0.1) is 11.3 Å². The van der Waals surface area contributed by atoms with Crippen LogP contribution in [-0.4, -0.2) is 69.1 Å². The minimum absolute atomic E-state index is 0.121. The van der Waals surface area contributed by atoms with Gasteiger partial charge in [-0.3, -0.25) is 18.9 Å². The van der Waals surface area contributed by atoms with E-state index in [-0.39, 0.29) is 28.8 Å². The minimum atomic E-state index is -5.79. The highest BCUT2D eigenvalue weighted by Crippen LogP contribution is 2.59. The van der Waals surface area contributed by atoms with Crippen LogP contribution in [0.2, 0.25) is 0 Å². The lowest BCUT2D eigenvalue weighted by Crippen LogP contribution is -2.61. The molecule has 3 N–H and O–H groups in total. The van der Waals surface area contributed by atoms with Gasteiger partial charge in [0.05, 0.1) is 18.0 Å². The van der Waals surface area contributed by atoms with Crippen LogP contribution in [0.5, 0.6) is 0 Å². The average molecular weight is 726 g/mol. The van der Waals surface area contributed by atoms with E-state index in [0.29, 0.717) is 30.8 Å². The molecule has 0 saturated carbocycles. The normalized spacial score (nSPS) is 19.2. The van der Waals surface area contributed by atoms with Crippen LogP contribution in [-0.2, 0) is 37.5 Å². The zero-order chi connectivity index (χ0) is 36.0. The first-order valence-electron chi connectivity index (χ1n) is 16.2. The number of rotatable bonds is 7. The number of amides is 3. The zero-order valence-corrected chi connectivity index (χ0v) is 29.4. The predicted octanol–water partition coefficient (Wildman–Crippen LogP) is 5.83. The average Bonchev–Trinajstić information content (AvgIpc) is 3.53. The third-order valence-electron chi connectivity index (χ3n) is 9.21. The highest BCUT2D eigenvalue weighted by molar-refractivity contribution is 7.52. The van der Waals surface area contributed by atoms with E-state index in [1.54, 1.807) is 30.6 Å². The molecule has 3 atom stereocenters. The summed E-state index contributed by atoms with van der Waals surface area (Å²) >= 11 is 0.997. The molecule has 3 aromatic carbocycles. The number of carbonyl (C=O) groups is 3. The first kappa shape index (κ1) is 35.8. The van der Waals surface area contributed by atoms with Crippen molar-refractivity contribution in [1.82, 2.24) is 15.1 Å². The monoisotopic (exact) mass is 725 g/mol. The summed E-state index contributed by atoms with van der Waals surface area (Å²) in [6, 6.07) is 19.9. The Kier molecular flexibility index (Phi) is 9.75. The number of hydrogen-bond donors (Lipinski definition) is 3. The van der Waals surface area contributed by atoms with Crippen LogP contribution >= 0.6 is 18.9 Å². The summed E-state index contributed by atoms with van der Waals surface area (Å²) in [5, 5.41) is 3.05. The van der Waals surface area contributed by atoms with E-state index < -0.39 is 48.1 Å². The van der Waals surface area contributed by atoms with Crippen molar-refractivity contribution in [3.63, 3.8) is 0 Å². The topological polar surface area (TPSA) is 136 Å². The fourth-order valence-electron chi connectivity index (χ4n) is 6.43. The molecule has 0 bridgehead atoms. The van der Waals surface area contributed by atoms with Crippen molar-refractivity contribution < 1.29 is 42.3 Å². The maximum absolute atomic E-state index is 14.6. The van der Waals surface area contributed by atoms with Gasteiger partial charge in [0, 0.05) is 29.8 Å². The van der Waals surface area contributed by atoms with Crippen molar-refractivity contribution in [3.05, 3.63) is 106 Å². The Labute approximate surface area is 292 Å². The summed E-state index contributed by atoms with van der Waals surface area (Å²) in [6.45, 7) is 6.62. The third kappa shape index (κ3) is 7.11. The number of thiophene rings is 1. The van der Waals surface area contributed by atoms with Gasteiger partial charge in [0.2, 0.25) is 11.8 Å². The molecule has 0 aliphatic carbocycles. The third-order valence-corrected chi connectivity index (χ3v) is 11.3. The van der Waals surface area contributed by atoms with Gasteiger partial charge in [-0.2, -0.15) is 8.78 Å². The van der Waals surface area contributed by atoms with Crippen molar-refractivity contribution in [2.45, 2.75) is 57.6 Å². The molecule has 10 nitrogen and oxygen atoms in total.